The number of carbonyl (C=O) groups is 1. The monoisotopic (exact) mass is 202 g/mol. The highest BCUT2D eigenvalue weighted by Crippen LogP contribution is 2.34. The van der Waals surface area contributed by atoms with Crippen LogP contribution in [0.5, 0.6) is 0 Å². The van der Waals surface area contributed by atoms with Gasteiger partial charge >= 0.3 is 0 Å². The molecule has 1 amide bonds. The summed E-state index contributed by atoms with van der Waals surface area (Å²) < 4.78 is 0. The topological polar surface area (TPSA) is 57.4 Å². The molecule has 2 aliphatic heterocycles. The summed E-state index contributed by atoms with van der Waals surface area (Å²) in [7, 11) is 0. The summed E-state index contributed by atoms with van der Waals surface area (Å²) in [5, 5.41) is 11.5. The minimum absolute atomic E-state index is 0.101. The number of hydrogen-bond acceptors (Lipinski definition) is 4. The van der Waals surface area contributed by atoms with Gasteiger partial charge in [-0.2, -0.15) is 0 Å². The molecule has 0 aromatic rings. The van der Waals surface area contributed by atoms with Gasteiger partial charge in [-0.25, -0.2) is 0 Å². The maximum atomic E-state index is 11.4. The quantitative estimate of drug-likeness (QED) is 0.588. The Kier molecular flexibility index (Phi) is 1.62. The molecule has 5 nitrogen and oxygen atoms in total. The van der Waals surface area contributed by atoms with Gasteiger partial charge < -0.3 is 4.90 Å². The van der Waals surface area contributed by atoms with Gasteiger partial charge in [-0.1, -0.05) is 0 Å². The van der Waals surface area contributed by atoms with Crippen molar-refractivity contribution >= 4 is 11.6 Å². The van der Waals surface area contributed by atoms with E-state index in [9.17, 15) is 4.79 Å². The van der Waals surface area contributed by atoms with Gasteiger partial charge in [-0.3, -0.25) is 4.79 Å². The van der Waals surface area contributed by atoms with Gasteiger partial charge in [0.1, 0.15) is 5.70 Å². The van der Waals surface area contributed by atoms with Gasteiger partial charge in [-0.15, -0.1) is 10.2 Å². The maximum absolute atomic E-state index is 11.4. The molecule has 15 heavy (non-hydrogen) atoms. The Balaban J connectivity index is 2.01. The van der Waals surface area contributed by atoms with Crippen LogP contribution in [0.15, 0.2) is 38.5 Å². The van der Waals surface area contributed by atoms with Crippen molar-refractivity contribution in [1.82, 2.24) is 4.90 Å². The van der Waals surface area contributed by atoms with E-state index in [0.717, 1.165) is 30.1 Å². The second kappa shape index (κ2) is 2.85. The van der Waals surface area contributed by atoms with E-state index in [2.05, 4.69) is 15.4 Å². The molecule has 0 saturated heterocycles. The molecule has 2 heterocycles. The van der Waals surface area contributed by atoms with E-state index in [4.69, 9.17) is 0 Å². The third-order valence-electron chi connectivity index (χ3n) is 2.94. The largest absolute Gasteiger partial charge is 0.315 e. The van der Waals surface area contributed by atoms with Crippen molar-refractivity contribution in [3.63, 3.8) is 0 Å². The summed E-state index contributed by atoms with van der Waals surface area (Å²) in [5.74, 6) is 0.101. The number of fused-ring (bicyclic) bond motifs is 1. The van der Waals surface area contributed by atoms with Crippen molar-refractivity contribution in [1.29, 1.82) is 0 Å². The lowest BCUT2D eigenvalue weighted by Gasteiger charge is -2.20. The summed E-state index contributed by atoms with van der Waals surface area (Å²) in [6, 6.07) is 0. The zero-order chi connectivity index (χ0) is 10.4. The van der Waals surface area contributed by atoms with Crippen molar-refractivity contribution in [3.05, 3.63) is 23.0 Å². The standard InChI is InChI=1S/C10H10N4O/c1-6(15)14-3-2-7-4-8-9(5-10(7)14)12-13-11-8/h4H,2-3,5H2,1H3. The van der Waals surface area contributed by atoms with Crippen molar-refractivity contribution in [2.75, 3.05) is 6.54 Å². The Labute approximate surface area is 86.9 Å². The fourth-order valence-corrected chi connectivity index (χ4v) is 2.19. The Morgan fingerprint density at radius 1 is 1.53 bits per heavy atom. The molecule has 1 aliphatic carbocycles. The third-order valence-corrected chi connectivity index (χ3v) is 2.94. The minimum Gasteiger partial charge on any atom is -0.315 e. The molecule has 0 aromatic heterocycles. The van der Waals surface area contributed by atoms with Crippen molar-refractivity contribution in [3.8, 4) is 0 Å². The normalized spacial score (nSPS) is 22.6. The van der Waals surface area contributed by atoms with Crippen molar-refractivity contribution in [2.45, 2.75) is 19.8 Å². The van der Waals surface area contributed by atoms with Crippen molar-refractivity contribution < 1.29 is 4.79 Å². The van der Waals surface area contributed by atoms with Gasteiger partial charge in [0.2, 0.25) is 5.91 Å². The zero-order valence-electron chi connectivity index (χ0n) is 8.40. The Morgan fingerprint density at radius 2 is 2.40 bits per heavy atom. The molecule has 5 heteroatoms. The number of amides is 1. The Hall–Kier alpha value is -1.78. The van der Waals surface area contributed by atoms with Gasteiger partial charge in [0, 0.05) is 25.6 Å². The van der Waals surface area contributed by atoms with Crippen LogP contribution in [0, 0.1) is 0 Å². The third kappa shape index (κ3) is 1.16. The number of carbonyl (C=O) groups excluding carboxylic acids is 1. The molecule has 0 N–H and O–H groups in total. The number of hydrogen-bond donors (Lipinski definition) is 0. The lowest BCUT2D eigenvalue weighted by molar-refractivity contribution is -0.126. The van der Waals surface area contributed by atoms with Crippen LogP contribution in [0.4, 0.5) is 0 Å². The molecule has 3 rings (SSSR count). The second-order valence-electron chi connectivity index (χ2n) is 3.84. The average molecular weight is 202 g/mol. The van der Waals surface area contributed by atoms with Gasteiger partial charge in [0.05, 0.1) is 5.71 Å². The lowest BCUT2D eigenvalue weighted by Crippen LogP contribution is -2.26. The molecular weight excluding hydrogens is 192 g/mol. The van der Waals surface area contributed by atoms with Crippen LogP contribution in [0.25, 0.3) is 0 Å². The molecule has 0 aromatic carbocycles. The first-order valence-electron chi connectivity index (χ1n) is 4.95. The summed E-state index contributed by atoms with van der Waals surface area (Å²) in [4.78, 5) is 13.2. The van der Waals surface area contributed by atoms with E-state index in [1.54, 1.807) is 6.92 Å². The van der Waals surface area contributed by atoms with E-state index in [1.165, 1.54) is 5.57 Å². The summed E-state index contributed by atoms with van der Waals surface area (Å²) in [5.41, 5.74) is 4.03. The van der Waals surface area contributed by atoms with Gasteiger partial charge in [0.15, 0.2) is 0 Å². The molecule has 0 fully saturated rings. The van der Waals surface area contributed by atoms with Crippen LogP contribution in [-0.2, 0) is 4.79 Å². The molecule has 0 radical (unpaired) electrons. The van der Waals surface area contributed by atoms with Crippen LogP contribution in [0.1, 0.15) is 19.8 Å². The predicted octanol–water partition coefficient (Wildman–Crippen LogP) is 1.60. The average Bonchev–Trinajstić information content (AvgIpc) is 2.77. The molecule has 3 aliphatic rings. The number of allylic oxidation sites excluding steroid dienone is 3. The van der Waals surface area contributed by atoms with E-state index in [1.807, 2.05) is 11.0 Å². The van der Waals surface area contributed by atoms with E-state index in [0.29, 0.717) is 6.42 Å². The first kappa shape index (κ1) is 8.52. The van der Waals surface area contributed by atoms with Crippen LogP contribution < -0.4 is 0 Å². The Bertz CT molecular complexity index is 470. The maximum Gasteiger partial charge on any atom is 0.223 e. The molecule has 0 saturated carbocycles. The van der Waals surface area contributed by atoms with Crippen LogP contribution in [-0.4, -0.2) is 23.1 Å². The van der Waals surface area contributed by atoms with Crippen LogP contribution in [0.3, 0.4) is 0 Å². The fourth-order valence-electron chi connectivity index (χ4n) is 2.19. The highest BCUT2D eigenvalue weighted by Gasteiger charge is 2.31. The van der Waals surface area contributed by atoms with Crippen LogP contribution in [0.2, 0.25) is 0 Å². The number of nitrogens with zero attached hydrogens (tertiary/aromatic N) is 4. The van der Waals surface area contributed by atoms with Crippen LogP contribution >= 0.6 is 0 Å². The number of rotatable bonds is 0. The molecule has 0 bridgehead atoms. The summed E-state index contributed by atoms with van der Waals surface area (Å²) >= 11 is 0. The summed E-state index contributed by atoms with van der Waals surface area (Å²) in [6.07, 6.45) is 3.60. The smallest absolute Gasteiger partial charge is 0.223 e. The van der Waals surface area contributed by atoms with Gasteiger partial charge in [0.25, 0.3) is 0 Å². The molecule has 0 atom stereocenters. The first-order chi connectivity index (χ1) is 7.25. The summed E-state index contributed by atoms with van der Waals surface area (Å²) in [6.45, 7) is 2.38. The molecular formula is C10H10N4O. The Morgan fingerprint density at radius 3 is 3.20 bits per heavy atom. The zero-order valence-corrected chi connectivity index (χ0v) is 8.40. The SMILES string of the molecule is CC(=O)N1CCC2=C1CC1=NN=NC1=C2. The van der Waals surface area contributed by atoms with E-state index < -0.39 is 0 Å². The molecule has 0 spiro atoms. The van der Waals surface area contributed by atoms with Gasteiger partial charge in [-0.05, 0) is 23.3 Å². The first-order valence-corrected chi connectivity index (χ1v) is 4.95. The lowest BCUT2D eigenvalue weighted by atomic mass is 9.99. The van der Waals surface area contributed by atoms with E-state index >= 15 is 0 Å². The van der Waals surface area contributed by atoms with Crippen molar-refractivity contribution in [2.24, 2.45) is 15.4 Å². The highest BCUT2D eigenvalue weighted by atomic mass is 16.2. The molecule has 0 unspecified atom stereocenters. The fraction of sp³-hybridized carbons (Fsp3) is 0.400. The predicted molar refractivity (Wildman–Crippen MR) is 54.0 cm³/mol. The minimum atomic E-state index is 0.101. The molecule has 76 valence electrons. The highest BCUT2D eigenvalue weighted by molar-refractivity contribution is 6.04. The van der Waals surface area contributed by atoms with E-state index in [-0.39, 0.29) is 5.91 Å². The second-order valence-corrected chi connectivity index (χ2v) is 3.84.